The van der Waals surface area contributed by atoms with E-state index in [2.05, 4.69) is 5.32 Å². The molecule has 0 bridgehead atoms. The maximum absolute atomic E-state index is 13.0. The van der Waals surface area contributed by atoms with Gasteiger partial charge in [0, 0.05) is 29.3 Å². The van der Waals surface area contributed by atoms with Crippen molar-refractivity contribution in [2.75, 3.05) is 7.11 Å². The Hall–Kier alpha value is -3.41. The zero-order valence-electron chi connectivity index (χ0n) is 17.5. The first-order chi connectivity index (χ1) is 15.0. The van der Waals surface area contributed by atoms with E-state index in [-0.39, 0.29) is 11.6 Å². The zero-order chi connectivity index (χ0) is 22.0. The number of dihydropyridines is 1. The molecule has 0 fully saturated rings. The van der Waals surface area contributed by atoms with Gasteiger partial charge in [0.25, 0.3) is 0 Å². The highest BCUT2D eigenvalue weighted by Gasteiger charge is 2.38. The number of halogens is 1. The summed E-state index contributed by atoms with van der Waals surface area (Å²) in [4.78, 5) is 25.4. The molecule has 1 N–H and O–H groups in total. The second kappa shape index (κ2) is 8.76. The van der Waals surface area contributed by atoms with E-state index >= 15 is 0 Å². The van der Waals surface area contributed by atoms with Crippen LogP contribution in [0.5, 0.6) is 5.75 Å². The van der Waals surface area contributed by atoms with Crippen LogP contribution < -0.4 is 10.1 Å². The number of ketones is 1. The van der Waals surface area contributed by atoms with Crippen LogP contribution in [0.15, 0.2) is 71.1 Å². The van der Waals surface area contributed by atoms with Crippen LogP contribution in [0, 0.1) is 5.82 Å². The number of Topliss-reactive ketones (excluding diaryl/α,β-unsaturated/α-hetero) is 1. The number of allylic oxidation sites excluding steroid dienone is 3. The summed E-state index contributed by atoms with van der Waals surface area (Å²) >= 11 is 0. The molecule has 1 heterocycles. The number of esters is 1. The third-order valence-electron chi connectivity index (χ3n) is 5.71. The quantitative estimate of drug-likeness (QED) is 0.718. The Bertz CT molecular complexity index is 1070. The monoisotopic (exact) mass is 421 g/mol. The summed E-state index contributed by atoms with van der Waals surface area (Å²) in [6.45, 7) is 2.15. The lowest BCUT2D eigenvalue weighted by molar-refractivity contribution is -0.136. The van der Waals surface area contributed by atoms with Gasteiger partial charge in [-0.25, -0.2) is 9.18 Å². The predicted octanol–water partition coefficient (Wildman–Crippen LogP) is 4.55. The fraction of sp³-hybridized carbons (Fsp3) is 0.280. The topological polar surface area (TPSA) is 64.6 Å². The predicted molar refractivity (Wildman–Crippen MR) is 114 cm³/mol. The maximum atomic E-state index is 13.0. The highest BCUT2D eigenvalue weighted by molar-refractivity contribution is 6.03. The van der Waals surface area contributed by atoms with Crippen molar-refractivity contribution in [1.82, 2.24) is 5.32 Å². The number of rotatable bonds is 5. The molecule has 0 radical (unpaired) electrons. The van der Waals surface area contributed by atoms with Crippen LogP contribution in [-0.4, -0.2) is 18.9 Å². The van der Waals surface area contributed by atoms with Gasteiger partial charge < -0.3 is 14.8 Å². The molecule has 4 rings (SSSR count). The minimum Gasteiger partial charge on any atom is -0.489 e. The normalized spacial score (nSPS) is 18.4. The molecule has 0 aromatic heterocycles. The lowest BCUT2D eigenvalue weighted by atomic mass is 9.75. The molecular weight excluding hydrogens is 397 g/mol. The first kappa shape index (κ1) is 20.8. The van der Waals surface area contributed by atoms with Crippen LogP contribution in [0.4, 0.5) is 4.39 Å². The molecule has 31 heavy (non-hydrogen) atoms. The van der Waals surface area contributed by atoms with Gasteiger partial charge in [-0.3, -0.25) is 4.79 Å². The van der Waals surface area contributed by atoms with Crippen molar-refractivity contribution in [1.29, 1.82) is 0 Å². The van der Waals surface area contributed by atoms with Gasteiger partial charge in [0.1, 0.15) is 18.2 Å². The molecule has 0 saturated heterocycles. The van der Waals surface area contributed by atoms with Gasteiger partial charge >= 0.3 is 5.97 Å². The number of carbonyl (C=O) groups excluding carboxylic acids is 2. The van der Waals surface area contributed by atoms with E-state index in [1.807, 2.05) is 31.2 Å². The van der Waals surface area contributed by atoms with Crippen molar-refractivity contribution in [2.45, 2.75) is 38.7 Å². The molecule has 0 unspecified atom stereocenters. The van der Waals surface area contributed by atoms with E-state index in [0.29, 0.717) is 35.6 Å². The summed E-state index contributed by atoms with van der Waals surface area (Å²) in [5, 5.41) is 3.25. The minimum atomic E-state index is -0.470. The molecule has 1 aliphatic heterocycles. The number of methoxy groups -OCH3 is 1. The molecule has 1 atom stereocenters. The lowest BCUT2D eigenvalue weighted by Crippen LogP contribution is -2.34. The summed E-state index contributed by atoms with van der Waals surface area (Å²) in [7, 11) is 1.35. The number of nitrogens with one attached hydrogen (secondary N) is 1. The van der Waals surface area contributed by atoms with Crippen LogP contribution in [-0.2, 0) is 20.9 Å². The first-order valence-corrected chi connectivity index (χ1v) is 10.3. The molecule has 2 aliphatic rings. The lowest BCUT2D eigenvalue weighted by Gasteiger charge is -2.34. The van der Waals surface area contributed by atoms with Crippen LogP contribution in [0.3, 0.4) is 0 Å². The molecule has 0 saturated carbocycles. The molecule has 0 amide bonds. The number of ether oxygens (including phenoxy) is 2. The van der Waals surface area contributed by atoms with Crippen LogP contribution in [0.2, 0.25) is 0 Å². The van der Waals surface area contributed by atoms with E-state index < -0.39 is 11.9 Å². The summed E-state index contributed by atoms with van der Waals surface area (Å²) in [5.41, 5.74) is 4.40. The fourth-order valence-electron chi connectivity index (χ4n) is 4.20. The molecule has 0 spiro atoms. The zero-order valence-corrected chi connectivity index (χ0v) is 17.5. The Morgan fingerprint density at radius 1 is 1.10 bits per heavy atom. The van der Waals surface area contributed by atoms with Crippen molar-refractivity contribution in [2.24, 2.45) is 0 Å². The third kappa shape index (κ3) is 4.24. The second-order valence-electron chi connectivity index (χ2n) is 7.74. The van der Waals surface area contributed by atoms with E-state index in [9.17, 15) is 14.0 Å². The average Bonchev–Trinajstić information content (AvgIpc) is 2.78. The van der Waals surface area contributed by atoms with Crippen molar-refractivity contribution in [3.63, 3.8) is 0 Å². The van der Waals surface area contributed by atoms with Gasteiger partial charge in [0.2, 0.25) is 0 Å². The molecular formula is C25H24FNO4. The van der Waals surface area contributed by atoms with Gasteiger partial charge in [0.15, 0.2) is 5.78 Å². The number of hydrogen-bond acceptors (Lipinski definition) is 5. The van der Waals surface area contributed by atoms with Crippen molar-refractivity contribution >= 4 is 11.8 Å². The van der Waals surface area contributed by atoms with Gasteiger partial charge in [-0.2, -0.15) is 0 Å². The molecule has 6 heteroatoms. The van der Waals surface area contributed by atoms with E-state index in [0.717, 1.165) is 29.7 Å². The van der Waals surface area contributed by atoms with Gasteiger partial charge in [-0.15, -0.1) is 0 Å². The standard InChI is InChI=1S/C25H24FNO4/c1-15-22(25(29)30-2)23(24-20(27-15)4-3-5-21(24)28)17-8-12-19(13-9-17)31-14-16-6-10-18(26)11-7-16/h6-13,23,27H,3-5,14H2,1-2H3/t23-/m0/s1. The molecule has 160 valence electrons. The smallest absolute Gasteiger partial charge is 0.336 e. The molecule has 1 aliphatic carbocycles. The van der Waals surface area contributed by atoms with Crippen molar-refractivity contribution in [3.8, 4) is 5.75 Å². The van der Waals surface area contributed by atoms with Crippen LogP contribution in [0.25, 0.3) is 0 Å². The molecule has 2 aromatic carbocycles. The summed E-state index contributed by atoms with van der Waals surface area (Å²) < 4.78 is 23.9. The van der Waals surface area contributed by atoms with Crippen molar-refractivity contribution < 1.29 is 23.5 Å². The Morgan fingerprint density at radius 3 is 2.48 bits per heavy atom. The average molecular weight is 421 g/mol. The van der Waals surface area contributed by atoms with Crippen LogP contribution in [0.1, 0.15) is 43.2 Å². The van der Waals surface area contributed by atoms with Gasteiger partial charge in [-0.1, -0.05) is 24.3 Å². The highest BCUT2D eigenvalue weighted by atomic mass is 19.1. The molecule has 5 nitrogen and oxygen atoms in total. The largest absolute Gasteiger partial charge is 0.489 e. The van der Waals surface area contributed by atoms with Crippen molar-refractivity contribution in [3.05, 3.63) is 88.0 Å². The minimum absolute atomic E-state index is 0.0595. The Morgan fingerprint density at radius 2 is 1.81 bits per heavy atom. The van der Waals surface area contributed by atoms with E-state index in [1.54, 1.807) is 12.1 Å². The summed E-state index contributed by atoms with van der Waals surface area (Å²) in [6, 6.07) is 13.5. The molecule has 2 aromatic rings. The number of hydrogen-bond donors (Lipinski definition) is 1. The van der Waals surface area contributed by atoms with E-state index in [4.69, 9.17) is 9.47 Å². The van der Waals surface area contributed by atoms with Crippen LogP contribution >= 0.6 is 0 Å². The highest BCUT2D eigenvalue weighted by Crippen LogP contribution is 2.42. The van der Waals surface area contributed by atoms with Gasteiger partial charge in [0.05, 0.1) is 12.7 Å². The Balaban J connectivity index is 1.62. The third-order valence-corrected chi connectivity index (χ3v) is 5.71. The number of benzene rings is 2. The SMILES string of the molecule is COC(=O)C1=C(C)NC2=C(C(=O)CCC2)[C@H]1c1ccc(OCc2ccc(F)cc2)cc1. The summed E-state index contributed by atoms with van der Waals surface area (Å²) in [5.74, 6) is -0.499. The number of carbonyl (C=O) groups is 2. The van der Waals surface area contributed by atoms with Gasteiger partial charge in [-0.05, 0) is 55.2 Å². The van der Waals surface area contributed by atoms with E-state index in [1.165, 1.54) is 19.2 Å². The summed E-state index contributed by atoms with van der Waals surface area (Å²) in [6.07, 6.45) is 2.06. The Kier molecular flexibility index (Phi) is 5.89. The second-order valence-corrected chi connectivity index (χ2v) is 7.74. The maximum Gasteiger partial charge on any atom is 0.336 e. The Labute approximate surface area is 180 Å². The first-order valence-electron chi connectivity index (χ1n) is 10.3. The fourth-order valence-corrected chi connectivity index (χ4v) is 4.20.